The summed E-state index contributed by atoms with van der Waals surface area (Å²) < 4.78 is 0.936. The van der Waals surface area contributed by atoms with Gasteiger partial charge in [0.05, 0.1) is 21.7 Å². The lowest BCUT2D eigenvalue weighted by Crippen LogP contribution is -2.37. The minimum atomic E-state index is 0. The van der Waals surface area contributed by atoms with Crippen molar-refractivity contribution in [3.05, 3.63) is 57.6 Å². The number of rotatable bonds is 6. The maximum Gasteiger partial charge on any atom is 0.233 e. The third-order valence-electron chi connectivity index (χ3n) is 4.84. The molecule has 3 rings (SSSR count). The van der Waals surface area contributed by atoms with Crippen molar-refractivity contribution in [1.82, 2.24) is 9.88 Å². The quantitative estimate of drug-likeness (QED) is 0.500. The standard InChI is InChI=1S/C22H26ClN3OS.ClH/c1-14-6-7-15(2)17(12-14)13-19(27)26(11-10-25(4)5)22-24-20-16(3)8-9-18(23)21(20)28-22;/h6-9,12H,10-11,13H2,1-5H3;1H. The number of aromatic nitrogens is 1. The van der Waals surface area contributed by atoms with Crippen molar-refractivity contribution in [3.8, 4) is 0 Å². The second-order valence-corrected chi connectivity index (χ2v) is 8.88. The number of thiazole rings is 1. The number of likely N-dealkylation sites (N-methyl/N-ethyl adjacent to an activating group) is 1. The number of halogens is 2. The van der Waals surface area contributed by atoms with Crippen LogP contribution in [0.4, 0.5) is 5.13 Å². The van der Waals surface area contributed by atoms with Gasteiger partial charge in [-0.1, -0.05) is 52.8 Å². The Morgan fingerprint density at radius 2 is 1.76 bits per heavy atom. The van der Waals surface area contributed by atoms with Crippen LogP contribution in [0.2, 0.25) is 5.02 Å². The lowest BCUT2D eigenvalue weighted by molar-refractivity contribution is -0.118. The topological polar surface area (TPSA) is 36.4 Å². The molecule has 2 aromatic carbocycles. The van der Waals surface area contributed by atoms with Crippen molar-refractivity contribution >= 4 is 56.6 Å². The van der Waals surface area contributed by atoms with E-state index in [4.69, 9.17) is 16.6 Å². The van der Waals surface area contributed by atoms with Gasteiger partial charge < -0.3 is 4.90 Å². The van der Waals surface area contributed by atoms with Crippen molar-refractivity contribution in [2.24, 2.45) is 0 Å². The molecule has 3 aromatic rings. The summed E-state index contributed by atoms with van der Waals surface area (Å²) in [5.41, 5.74) is 5.30. The maximum absolute atomic E-state index is 13.3. The molecular weight excluding hydrogens is 425 g/mol. The van der Waals surface area contributed by atoms with Crippen molar-refractivity contribution in [2.45, 2.75) is 27.2 Å². The summed E-state index contributed by atoms with van der Waals surface area (Å²) in [4.78, 5) is 21.9. The lowest BCUT2D eigenvalue weighted by atomic mass is 10.0. The summed E-state index contributed by atoms with van der Waals surface area (Å²) in [6.07, 6.45) is 0.365. The molecule has 0 bridgehead atoms. The molecule has 0 fully saturated rings. The summed E-state index contributed by atoms with van der Waals surface area (Å²) in [6, 6.07) is 10.1. The molecular formula is C22H27Cl2N3OS. The molecule has 0 spiro atoms. The average Bonchev–Trinajstić information content (AvgIpc) is 3.07. The second-order valence-electron chi connectivity index (χ2n) is 7.49. The normalized spacial score (nSPS) is 11.0. The smallest absolute Gasteiger partial charge is 0.233 e. The summed E-state index contributed by atoms with van der Waals surface area (Å²) in [5, 5.41) is 1.39. The van der Waals surface area contributed by atoms with Crippen LogP contribution in [0.5, 0.6) is 0 Å². The molecule has 1 heterocycles. The van der Waals surface area contributed by atoms with Gasteiger partial charge in [-0.15, -0.1) is 12.4 Å². The SMILES string of the molecule is Cc1ccc(C)c(CC(=O)N(CCN(C)C)c2nc3c(C)ccc(Cl)c3s2)c1.Cl. The summed E-state index contributed by atoms with van der Waals surface area (Å²) in [7, 11) is 4.01. The minimum absolute atomic E-state index is 0. The predicted molar refractivity (Wildman–Crippen MR) is 127 cm³/mol. The first-order valence-electron chi connectivity index (χ1n) is 9.33. The molecule has 0 radical (unpaired) electrons. The number of anilines is 1. The second kappa shape index (κ2) is 9.90. The molecule has 7 heteroatoms. The van der Waals surface area contributed by atoms with E-state index in [0.29, 0.717) is 23.1 Å². The first kappa shape index (κ1) is 23.6. The third kappa shape index (κ3) is 5.48. The van der Waals surface area contributed by atoms with Crippen LogP contribution in [-0.2, 0) is 11.2 Å². The fourth-order valence-electron chi connectivity index (χ4n) is 3.08. The highest BCUT2D eigenvalue weighted by atomic mass is 35.5. The first-order valence-corrected chi connectivity index (χ1v) is 10.5. The zero-order valence-electron chi connectivity index (χ0n) is 17.5. The summed E-state index contributed by atoms with van der Waals surface area (Å²) >= 11 is 7.87. The Morgan fingerprint density at radius 1 is 1.07 bits per heavy atom. The highest BCUT2D eigenvalue weighted by molar-refractivity contribution is 7.23. The number of nitrogens with zero attached hydrogens (tertiary/aromatic N) is 3. The van der Waals surface area contributed by atoms with Crippen LogP contribution in [0.25, 0.3) is 10.2 Å². The van der Waals surface area contributed by atoms with Gasteiger partial charge in [-0.25, -0.2) is 4.98 Å². The molecule has 0 unspecified atom stereocenters. The first-order chi connectivity index (χ1) is 13.3. The third-order valence-corrected chi connectivity index (χ3v) is 6.37. The van der Waals surface area contributed by atoms with E-state index in [1.165, 1.54) is 11.3 Å². The predicted octanol–water partition coefficient (Wildman–Crippen LogP) is 5.43. The Labute approximate surface area is 187 Å². The zero-order chi connectivity index (χ0) is 20.4. The molecule has 0 aliphatic rings. The van der Waals surface area contributed by atoms with Gasteiger partial charge in [0.1, 0.15) is 0 Å². The molecule has 156 valence electrons. The highest BCUT2D eigenvalue weighted by Crippen LogP contribution is 2.35. The molecule has 0 aliphatic carbocycles. The van der Waals surface area contributed by atoms with Gasteiger partial charge in [0, 0.05) is 13.1 Å². The van der Waals surface area contributed by atoms with E-state index in [0.717, 1.165) is 39.0 Å². The number of hydrogen-bond donors (Lipinski definition) is 0. The Morgan fingerprint density at radius 3 is 2.41 bits per heavy atom. The number of fused-ring (bicyclic) bond motifs is 1. The van der Waals surface area contributed by atoms with E-state index in [1.54, 1.807) is 0 Å². The summed E-state index contributed by atoms with van der Waals surface area (Å²) in [5.74, 6) is 0.0587. The largest absolute Gasteiger partial charge is 0.308 e. The fourth-order valence-corrected chi connectivity index (χ4v) is 4.44. The van der Waals surface area contributed by atoms with E-state index in [-0.39, 0.29) is 18.3 Å². The molecule has 0 aliphatic heterocycles. The van der Waals surface area contributed by atoms with Gasteiger partial charge in [-0.05, 0) is 57.6 Å². The van der Waals surface area contributed by atoms with Crippen LogP contribution in [0, 0.1) is 20.8 Å². The molecule has 0 saturated heterocycles. The van der Waals surface area contributed by atoms with Gasteiger partial charge in [0.15, 0.2) is 5.13 Å². The van der Waals surface area contributed by atoms with Crippen LogP contribution in [0.3, 0.4) is 0 Å². The number of carbonyl (C=O) groups is 1. The monoisotopic (exact) mass is 451 g/mol. The fraction of sp³-hybridized carbons (Fsp3) is 0.364. The Kier molecular flexibility index (Phi) is 8.06. The number of benzene rings is 2. The van der Waals surface area contributed by atoms with Crippen molar-refractivity contribution in [3.63, 3.8) is 0 Å². The Bertz CT molecular complexity index is 978. The minimum Gasteiger partial charge on any atom is -0.308 e. The van der Waals surface area contributed by atoms with Crippen molar-refractivity contribution in [1.29, 1.82) is 0 Å². The van der Waals surface area contributed by atoms with E-state index in [9.17, 15) is 4.79 Å². The van der Waals surface area contributed by atoms with Crippen molar-refractivity contribution < 1.29 is 4.79 Å². The number of aryl methyl sites for hydroxylation is 3. The van der Waals surface area contributed by atoms with Gasteiger partial charge in [-0.3, -0.25) is 9.69 Å². The van der Waals surface area contributed by atoms with Gasteiger partial charge in [-0.2, -0.15) is 0 Å². The molecule has 0 atom stereocenters. The van der Waals surface area contributed by atoms with Gasteiger partial charge >= 0.3 is 0 Å². The zero-order valence-corrected chi connectivity index (χ0v) is 19.8. The number of amides is 1. The highest BCUT2D eigenvalue weighted by Gasteiger charge is 2.22. The van der Waals surface area contributed by atoms with Crippen LogP contribution < -0.4 is 4.90 Å². The molecule has 1 amide bonds. The van der Waals surface area contributed by atoms with E-state index >= 15 is 0 Å². The average molecular weight is 452 g/mol. The van der Waals surface area contributed by atoms with Crippen LogP contribution in [0.15, 0.2) is 30.3 Å². The Hall–Kier alpha value is -1.66. The number of carbonyl (C=O) groups excluding carboxylic acids is 1. The van der Waals surface area contributed by atoms with E-state index in [1.807, 2.05) is 45.0 Å². The summed E-state index contributed by atoms with van der Waals surface area (Å²) in [6.45, 7) is 7.47. The molecule has 29 heavy (non-hydrogen) atoms. The molecule has 1 aromatic heterocycles. The van der Waals surface area contributed by atoms with E-state index < -0.39 is 0 Å². The lowest BCUT2D eigenvalue weighted by Gasteiger charge is -2.22. The van der Waals surface area contributed by atoms with Crippen LogP contribution in [0.1, 0.15) is 22.3 Å². The maximum atomic E-state index is 13.3. The molecule has 0 saturated carbocycles. The van der Waals surface area contributed by atoms with Gasteiger partial charge in [0.25, 0.3) is 0 Å². The molecule has 0 N–H and O–H groups in total. The van der Waals surface area contributed by atoms with E-state index in [2.05, 4.69) is 30.0 Å². The van der Waals surface area contributed by atoms with Crippen molar-refractivity contribution in [2.75, 3.05) is 32.1 Å². The molecule has 4 nitrogen and oxygen atoms in total. The number of hydrogen-bond acceptors (Lipinski definition) is 4. The Balaban J connectivity index is 0.00000300. The van der Waals surface area contributed by atoms with Crippen LogP contribution in [-0.4, -0.2) is 43.0 Å². The van der Waals surface area contributed by atoms with Crippen LogP contribution >= 0.6 is 35.3 Å². The van der Waals surface area contributed by atoms with Gasteiger partial charge in [0.2, 0.25) is 5.91 Å².